The smallest absolute Gasteiger partial charge is 0.159 e. The monoisotopic (exact) mass is 371 g/mol. The summed E-state index contributed by atoms with van der Waals surface area (Å²) in [5.74, 6) is 0.340. The lowest BCUT2D eigenvalue weighted by Crippen LogP contribution is -2.38. The van der Waals surface area contributed by atoms with Gasteiger partial charge >= 0.3 is 0 Å². The molecule has 2 nitrogen and oxygen atoms in total. The lowest BCUT2D eigenvalue weighted by Gasteiger charge is -2.28. The van der Waals surface area contributed by atoms with Crippen LogP contribution in [0.4, 0.5) is 0 Å². The number of hydrogen-bond acceptors (Lipinski definition) is 2. The topological polar surface area (TPSA) is 40.5 Å². The Hall–Kier alpha value is -3.09. The lowest BCUT2D eigenvalue weighted by atomic mass is 10.3. The SMILES string of the molecule is Oc1ccc(O)c([P+](c2ccccc2)(c2ccccc2)c2ccccc2)c1. The summed E-state index contributed by atoms with van der Waals surface area (Å²) >= 11 is 0. The van der Waals surface area contributed by atoms with Gasteiger partial charge in [0.1, 0.15) is 28.9 Å². The highest BCUT2D eigenvalue weighted by Crippen LogP contribution is 2.56. The molecule has 27 heavy (non-hydrogen) atoms. The fraction of sp³-hybridized carbons (Fsp3) is 0. The van der Waals surface area contributed by atoms with Gasteiger partial charge in [-0.05, 0) is 48.5 Å². The van der Waals surface area contributed by atoms with Crippen LogP contribution in [0.3, 0.4) is 0 Å². The van der Waals surface area contributed by atoms with Gasteiger partial charge in [-0.3, -0.25) is 0 Å². The summed E-state index contributed by atoms with van der Waals surface area (Å²) < 4.78 is 0. The van der Waals surface area contributed by atoms with Crippen molar-refractivity contribution in [2.24, 2.45) is 0 Å². The highest BCUT2D eigenvalue weighted by Gasteiger charge is 2.49. The van der Waals surface area contributed by atoms with Gasteiger partial charge in [0.25, 0.3) is 0 Å². The van der Waals surface area contributed by atoms with E-state index in [4.69, 9.17) is 0 Å². The molecule has 0 saturated heterocycles. The van der Waals surface area contributed by atoms with Crippen LogP contribution in [0.15, 0.2) is 109 Å². The first-order valence-electron chi connectivity index (χ1n) is 8.81. The van der Waals surface area contributed by atoms with Crippen molar-refractivity contribution in [3.8, 4) is 11.5 Å². The second-order valence-electron chi connectivity index (χ2n) is 6.35. The van der Waals surface area contributed by atoms with Gasteiger partial charge in [-0.1, -0.05) is 54.6 Å². The Morgan fingerprint density at radius 2 is 0.889 bits per heavy atom. The molecule has 0 aliphatic carbocycles. The molecule has 0 unspecified atom stereocenters. The molecule has 132 valence electrons. The van der Waals surface area contributed by atoms with Gasteiger partial charge in [-0.2, -0.15) is 0 Å². The number of rotatable bonds is 4. The number of hydrogen-bond donors (Lipinski definition) is 2. The van der Waals surface area contributed by atoms with Crippen molar-refractivity contribution in [2.45, 2.75) is 0 Å². The summed E-state index contributed by atoms with van der Waals surface area (Å²) in [6.45, 7) is 0. The number of phenolic OH excluding ortho intramolecular Hbond substituents is 2. The molecule has 4 aromatic rings. The van der Waals surface area contributed by atoms with Crippen LogP contribution < -0.4 is 21.2 Å². The van der Waals surface area contributed by atoms with Gasteiger partial charge in [0.05, 0.1) is 0 Å². The Morgan fingerprint density at radius 1 is 0.481 bits per heavy atom. The van der Waals surface area contributed by atoms with Crippen LogP contribution in [-0.4, -0.2) is 10.2 Å². The van der Waals surface area contributed by atoms with Crippen molar-refractivity contribution in [1.82, 2.24) is 0 Å². The van der Waals surface area contributed by atoms with E-state index in [1.807, 2.05) is 54.6 Å². The Kier molecular flexibility index (Phi) is 4.66. The predicted octanol–water partition coefficient (Wildman–Crippen LogP) is 3.72. The van der Waals surface area contributed by atoms with E-state index in [1.165, 1.54) is 6.07 Å². The molecule has 0 radical (unpaired) electrons. The average molecular weight is 371 g/mol. The van der Waals surface area contributed by atoms with E-state index < -0.39 is 7.26 Å². The van der Waals surface area contributed by atoms with Crippen molar-refractivity contribution < 1.29 is 10.2 Å². The normalized spacial score (nSPS) is 11.3. The minimum Gasteiger partial charge on any atom is -0.508 e. The Labute approximate surface area is 159 Å². The maximum atomic E-state index is 10.9. The van der Waals surface area contributed by atoms with Gasteiger partial charge in [0.2, 0.25) is 0 Å². The van der Waals surface area contributed by atoms with Crippen LogP contribution in [0, 0.1) is 0 Å². The lowest BCUT2D eigenvalue weighted by molar-refractivity contribution is 0.464. The Morgan fingerprint density at radius 3 is 1.30 bits per heavy atom. The van der Waals surface area contributed by atoms with Crippen molar-refractivity contribution in [3.63, 3.8) is 0 Å². The minimum absolute atomic E-state index is 0.148. The zero-order valence-corrected chi connectivity index (χ0v) is 15.6. The fourth-order valence-corrected chi connectivity index (χ4v) is 7.93. The molecule has 0 saturated carbocycles. The third kappa shape index (κ3) is 2.99. The van der Waals surface area contributed by atoms with Gasteiger partial charge in [-0.25, -0.2) is 0 Å². The van der Waals surface area contributed by atoms with Gasteiger partial charge in [0.15, 0.2) is 11.1 Å². The summed E-state index contributed by atoms with van der Waals surface area (Å²) in [5.41, 5.74) is 0. The van der Waals surface area contributed by atoms with E-state index in [0.29, 0.717) is 0 Å². The average Bonchev–Trinajstić information content (AvgIpc) is 2.73. The quantitative estimate of drug-likeness (QED) is 0.424. The molecule has 2 N–H and O–H groups in total. The Bertz CT molecular complexity index is 935. The summed E-state index contributed by atoms with van der Waals surface area (Å²) in [6, 6.07) is 35.6. The van der Waals surface area contributed by atoms with E-state index in [9.17, 15) is 10.2 Å². The predicted molar refractivity (Wildman–Crippen MR) is 115 cm³/mol. The molecule has 0 fully saturated rings. The third-order valence-electron chi connectivity index (χ3n) is 4.75. The Balaban J connectivity index is 2.18. The molecule has 3 heteroatoms. The van der Waals surface area contributed by atoms with Gasteiger partial charge in [-0.15, -0.1) is 0 Å². The molecule has 4 aromatic carbocycles. The summed E-state index contributed by atoms with van der Waals surface area (Å²) in [6.07, 6.45) is 0. The number of phenols is 2. The van der Waals surface area contributed by atoms with E-state index in [-0.39, 0.29) is 11.5 Å². The van der Waals surface area contributed by atoms with Crippen molar-refractivity contribution >= 4 is 28.5 Å². The highest BCUT2D eigenvalue weighted by atomic mass is 31.2. The van der Waals surface area contributed by atoms with Crippen molar-refractivity contribution in [3.05, 3.63) is 109 Å². The van der Waals surface area contributed by atoms with E-state index in [1.54, 1.807) is 12.1 Å². The zero-order chi connectivity index (χ0) is 18.7. The molecule has 0 aromatic heterocycles. The van der Waals surface area contributed by atoms with E-state index in [2.05, 4.69) is 36.4 Å². The standard InChI is InChI=1S/C24H19O2P/c25-19-16-17-23(26)24(18-19)27(20-10-4-1-5-11-20,21-12-6-2-7-13-21)22-14-8-3-9-15-22/h1-18H,(H-,25,26)/p+1. The highest BCUT2D eigenvalue weighted by molar-refractivity contribution is 8.01. The first-order chi connectivity index (χ1) is 13.2. The van der Waals surface area contributed by atoms with Gasteiger partial charge < -0.3 is 10.2 Å². The molecular weight excluding hydrogens is 351 g/mol. The number of benzene rings is 4. The van der Waals surface area contributed by atoms with Crippen LogP contribution in [0.2, 0.25) is 0 Å². The summed E-state index contributed by atoms with van der Waals surface area (Å²) in [7, 11) is -2.38. The molecule has 0 atom stereocenters. The molecule has 0 aliphatic rings. The minimum atomic E-state index is -2.38. The fourth-order valence-electron chi connectivity index (χ4n) is 3.60. The van der Waals surface area contributed by atoms with Crippen molar-refractivity contribution in [1.29, 1.82) is 0 Å². The van der Waals surface area contributed by atoms with Crippen LogP contribution in [-0.2, 0) is 0 Å². The molecule has 0 bridgehead atoms. The molecular formula is C24H20O2P+. The zero-order valence-electron chi connectivity index (χ0n) is 14.7. The molecule has 0 amide bonds. The van der Waals surface area contributed by atoms with Crippen LogP contribution in [0.25, 0.3) is 0 Å². The van der Waals surface area contributed by atoms with Crippen LogP contribution >= 0.6 is 7.26 Å². The number of aromatic hydroxyl groups is 2. The third-order valence-corrected chi connectivity index (χ3v) is 9.05. The molecule has 0 aliphatic heterocycles. The van der Waals surface area contributed by atoms with E-state index >= 15 is 0 Å². The first kappa shape index (κ1) is 17.3. The van der Waals surface area contributed by atoms with E-state index in [0.717, 1.165) is 21.2 Å². The molecule has 0 spiro atoms. The molecule has 4 rings (SSSR count). The van der Waals surface area contributed by atoms with Crippen LogP contribution in [0.1, 0.15) is 0 Å². The molecule has 0 heterocycles. The van der Waals surface area contributed by atoms with Gasteiger partial charge in [0, 0.05) is 6.07 Å². The maximum Gasteiger partial charge on any atom is 0.159 e. The second kappa shape index (κ2) is 7.26. The summed E-state index contributed by atoms with van der Waals surface area (Å²) in [5, 5.41) is 25.3. The van der Waals surface area contributed by atoms with Crippen LogP contribution in [0.5, 0.6) is 11.5 Å². The van der Waals surface area contributed by atoms with Crippen molar-refractivity contribution in [2.75, 3.05) is 0 Å². The summed E-state index contributed by atoms with van der Waals surface area (Å²) in [4.78, 5) is 0. The second-order valence-corrected chi connectivity index (χ2v) is 9.72. The maximum absolute atomic E-state index is 10.9. The first-order valence-corrected chi connectivity index (χ1v) is 10.6. The largest absolute Gasteiger partial charge is 0.508 e.